The number of carboxylic acids is 1. The maximum Gasteiger partial charge on any atom is 0.307 e. The van der Waals surface area contributed by atoms with Crippen LogP contribution in [0.2, 0.25) is 5.02 Å². The molecule has 2 aromatic carbocycles. The molecule has 1 heterocycles. The molecule has 6 heteroatoms. The minimum atomic E-state index is -0.796. The lowest BCUT2D eigenvalue weighted by Crippen LogP contribution is -2.43. The Bertz CT molecular complexity index is 804. The zero-order chi connectivity index (χ0) is 18.7. The number of anilines is 1. The first-order chi connectivity index (χ1) is 12.4. The second kappa shape index (κ2) is 8.33. The second-order valence-electron chi connectivity index (χ2n) is 6.61. The van der Waals surface area contributed by atoms with Crippen LogP contribution in [0.4, 0.5) is 5.69 Å². The van der Waals surface area contributed by atoms with Crippen LogP contribution in [0.1, 0.15) is 16.7 Å². The van der Waals surface area contributed by atoms with Gasteiger partial charge in [0.15, 0.2) is 0 Å². The minimum Gasteiger partial charge on any atom is -0.481 e. The van der Waals surface area contributed by atoms with Crippen molar-refractivity contribution in [2.45, 2.75) is 25.2 Å². The monoisotopic (exact) mass is 390 g/mol. The van der Waals surface area contributed by atoms with Gasteiger partial charge < -0.3 is 10.0 Å². The molecule has 0 aliphatic carbocycles. The van der Waals surface area contributed by atoms with E-state index in [1.165, 1.54) is 16.8 Å². The molecule has 0 amide bonds. The van der Waals surface area contributed by atoms with Gasteiger partial charge in [-0.2, -0.15) is 0 Å². The number of carbonyl (C=O) groups is 1. The van der Waals surface area contributed by atoms with Gasteiger partial charge in [-0.15, -0.1) is 0 Å². The standard InChI is InChI=1S/C20H23ClN2O2S/c1-14-4-6-17(21)13-18(14)22-7-9-23(10-8-22)26-19-11-16(12-20(24)25)5-3-15(19)2/h3-6,11,13H,7-10,12H2,1-2H3,(H,24,25). The average Bonchev–Trinajstić information content (AvgIpc) is 2.60. The summed E-state index contributed by atoms with van der Waals surface area (Å²) >= 11 is 7.88. The van der Waals surface area contributed by atoms with Crippen LogP contribution in [0.25, 0.3) is 0 Å². The number of nitrogens with zero attached hydrogens (tertiary/aromatic N) is 2. The van der Waals surface area contributed by atoms with Gasteiger partial charge in [-0.25, -0.2) is 4.31 Å². The molecular weight excluding hydrogens is 368 g/mol. The topological polar surface area (TPSA) is 43.8 Å². The van der Waals surface area contributed by atoms with Crippen molar-refractivity contribution in [1.82, 2.24) is 4.31 Å². The molecule has 0 aromatic heterocycles. The van der Waals surface area contributed by atoms with E-state index in [9.17, 15) is 4.79 Å². The van der Waals surface area contributed by atoms with Crippen molar-refractivity contribution < 1.29 is 9.90 Å². The normalized spacial score (nSPS) is 15.3. The number of halogens is 1. The molecular formula is C20H23ClN2O2S. The summed E-state index contributed by atoms with van der Waals surface area (Å²) in [6.45, 7) is 7.96. The lowest BCUT2D eigenvalue weighted by molar-refractivity contribution is -0.136. The fourth-order valence-electron chi connectivity index (χ4n) is 3.11. The van der Waals surface area contributed by atoms with Gasteiger partial charge in [0.05, 0.1) is 6.42 Å². The largest absolute Gasteiger partial charge is 0.481 e. The summed E-state index contributed by atoms with van der Waals surface area (Å²) in [7, 11) is 0. The molecule has 0 bridgehead atoms. The quantitative estimate of drug-likeness (QED) is 0.766. The summed E-state index contributed by atoms with van der Waals surface area (Å²) in [5, 5.41) is 9.77. The van der Waals surface area contributed by atoms with Crippen LogP contribution in [-0.2, 0) is 11.2 Å². The molecule has 1 N–H and O–H groups in total. The van der Waals surface area contributed by atoms with Gasteiger partial charge in [0.1, 0.15) is 0 Å². The van der Waals surface area contributed by atoms with Crippen LogP contribution >= 0.6 is 23.5 Å². The summed E-state index contributed by atoms with van der Waals surface area (Å²) in [5.41, 5.74) is 4.48. The number of aliphatic carboxylic acids is 1. The third kappa shape index (κ3) is 4.72. The van der Waals surface area contributed by atoms with Crippen molar-refractivity contribution in [2.75, 3.05) is 31.1 Å². The highest BCUT2D eigenvalue weighted by molar-refractivity contribution is 7.97. The number of piperazine rings is 1. The summed E-state index contributed by atoms with van der Waals surface area (Å²) in [5.74, 6) is -0.796. The predicted molar refractivity (Wildman–Crippen MR) is 108 cm³/mol. The van der Waals surface area contributed by atoms with Crippen molar-refractivity contribution >= 4 is 35.2 Å². The SMILES string of the molecule is Cc1ccc(CC(=O)O)cc1SN1CCN(c2cc(Cl)ccc2C)CC1. The number of rotatable bonds is 5. The lowest BCUT2D eigenvalue weighted by atomic mass is 10.1. The molecule has 2 aromatic rings. The van der Waals surface area contributed by atoms with E-state index in [1.807, 2.05) is 30.3 Å². The maximum atomic E-state index is 10.9. The molecule has 138 valence electrons. The van der Waals surface area contributed by atoms with Crippen LogP contribution in [0, 0.1) is 13.8 Å². The minimum absolute atomic E-state index is 0.0651. The predicted octanol–water partition coefficient (Wildman–Crippen LogP) is 4.41. The molecule has 4 nitrogen and oxygen atoms in total. The van der Waals surface area contributed by atoms with Crippen molar-refractivity contribution in [3.63, 3.8) is 0 Å². The van der Waals surface area contributed by atoms with E-state index < -0.39 is 5.97 Å². The summed E-state index contributed by atoms with van der Waals surface area (Å²) < 4.78 is 2.35. The summed E-state index contributed by atoms with van der Waals surface area (Å²) in [6.07, 6.45) is 0.0651. The Morgan fingerprint density at radius 1 is 1.08 bits per heavy atom. The first-order valence-electron chi connectivity index (χ1n) is 8.68. The Kier molecular flexibility index (Phi) is 6.12. The van der Waals surface area contributed by atoms with Crippen molar-refractivity contribution in [3.8, 4) is 0 Å². The summed E-state index contributed by atoms with van der Waals surface area (Å²) in [6, 6.07) is 11.9. The fourth-order valence-corrected chi connectivity index (χ4v) is 4.32. The number of hydrogen-bond acceptors (Lipinski definition) is 4. The maximum absolute atomic E-state index is 10.9. The number of benzene rings is 2. The molecule has 26 heavy (non-hydrogen) atoms. The van der Waals surface area contributed by atoms with E-state index >= 15 is 0 Å². The Morgan fingerprint density at radius 3 is 2.46 bits per heavy atom. The molecule has 0 atom stereocenters. The fraction of sp³-hybridized carbons (Fsp3) is 0.350. The molecule has 1 aliphatic rings. The smallest absolute Gasteiger partial charge is 0.307 e. The summed E-state index contributed by atoms with van der Waals surface area (Å²) in [4.78, 5) is 14.5. The second-order valence-corrected chi connectivity index (χ2v) is 8.18. The van der Waals surface area contributed by atoms with Gasteiger partial charge in [-0.1, -0.05) is 29.8 Å². The van der Waals surface area contributed by atoms with Crippen molar-refractivity contribution in [2.24, 2.45) is 0 Å². The van der Waals surface area contributed by atoms with Crippen LogP contribution in [-0.4, -0.2) is 41.6 Å². The Hall–Kier alpha value is -1.69. The molecule has 0 saturated carbocycles. The van der Waals surface area contributed by atoms with Gasteiger partial charge in [0.25, 0.3) is 0 Å². The zero-order valence-corrected chi connectivity index (χ0v) is 16.6. The average molecular weight is 391 g/mol. The molecule has 1 saturated heterocycles. The van der Waals surface area contributed by atoms with Crippen LogP contribution < -0.4 is 4.90 Å². The van der Waals surface area contributed by atoms with Crippen molar-refractivity contribution in [3.05, 3.63) is 58.1 Å². The number of carboxylic acid groups (broad SMARTS) is 1. The van der Waals surface area contributed by atoms with Crippen LogP contribution in [0.5, 0.6) is 0 Å². The Labute approximate surface area is 163 Å². The van der Waals surface area contributed by atoms with Crippen LogP contribution in [0.15, 0.2) is 41.3 Å². The molecule has 1 aliphatic heterocycles. The third-order valence-corrected chi connectivity index (χ3v) is 6.08. The van der Waals surface area contributed by atoms with Gasteiger partial charge in [-0.05, 0) is 60.7 Å². The van der Waals surface area contributed by atoms with Crippen LogP contribution in [0.3, 0.4) is 0 Å². The highest BCUT2D eigenvalue weighted by Gasteiger charge is 2.20. The van der Waals surface area contributed by atoms with E-state index in [2.05, 4.69) is 29.1 Å². The Balaban J connectivity index is 1.64. The molecule has 0 unspecified atom stereocenters. The third-order valence-electron chi connectivity index (χ3n) is 4.59. The van der Waals surface area contributed by atoms with E-state index in [0.29, 0.717) is 0 Å². The first kappa shape index (κ1) is 19.1. The van der Waals surface area contributed by atoms with E-state index in [4.69, 9.17) is 16.7 Å². The molecule has 0 spiro atoms. The molecule has 0 radical (unpaired) electrons. The highest BCUT2D eigenvalue weighted by atomic mass is 35.5. The van der Waals surface area contributed by atoms with E-state index in [0.717, 1.165) is 41.7 Å². The first-order valence-corrected chi connectivity index (χ1v) is 9.83. The highest BCUT2D eigenvalue weighted by Crippen LogP contribution is 2.30. The van der Waals surface area contributed by atoms with Gasteiger partial charge in [0, 0.05) is 41.8 Å². The molecule has 3 rings (SSSR count). The zero-order valence-electron chi connectivity index (χ0n) is 15.0. The number of aryl methyl sites for hydroxylation is 2. The van der Waals surface area contributed by atoms with Gasteiger partial charge in [0.2, 0.25) is 0 Å². The van der Waals surface area contributed by atoms with Gasteiger partial charge in [-0.3, -0.25) is 4.79 Å². The Morgan fingerprint density at radius 2 is 1.77 bits per heavy atom. The van der Waals surface area contributed by atoms with Gasteiger partial charge >= 0.3 is 5.97 Å². The van der Waals surface area contributed by atoms with E-state index in [1.54, 1.807) is 11.9 Å². The number of hydrogen-bond donors (Lipinski definition) is 1. The van der Waals surface area contributed by atoms with Crippen molar-refractivity contribution in [1.29, 1.82) is 0 Å². The molecule has 1 fully saturated rings. The lowest BCUT2D eigenvalue weighted by Gasteiger charge is -2.36. The van der Waals surface area contributed by atoms with E-state index in [-0.39, 0.29) is 6.42 Å².